The highest BCUT2D eigenvalue weighted by atomic mass is 19.1. The van der Waals surface area contributed by atoms with Gasteiger partial charge in [0.1, 0.15) is 5.82 Å². The molecule has 4 nitrogen and oxygen atoms in total. The molecule has 0 aromatic heterocycles. The van der Waals surface area contributed by atoms with Gasteiger partial charge in [-0.25, -0.2) is 4.39 Å². The Labute approximate surface area is 147 Å². The molecule has 0 bridgehead atoms. The molecule has 5 heteroatoms. The molecule has 1 aliphatic rings. The third-order valence-corrected chi connectivity index (χ3v) is 4.69. The number of hydrogen-bond donors (Lipinski definition) is 2. The Hall–Kier alpha value is -2.11. The van der Waals surface area contributed by atoms with E-state index in [0.29, 0.717) is 25.4 Å². The van der Waals surface area contributed by atoms with E-state index in [1.807, 2.05) is 19.1 Å². The molecule has 1 fully saturated rings. The molecule has 3 rings (SSSR count). The Kier molecular flexibility index (Phi) is 5.56. The summed E-state index contributed by atoms with van der Waals surface area (Å²) in [5.74, 6) is 0.408. The molecular weight excluding hydrogens is 321 g/mol. The Balaban J connectivity index is 1.63. The lowest BCUT2D eigenvalue weighted by Gasteiger charge is -2.36. The van der Waals surface area contributed by atoms with E-state index in [1.165, 1.54) is 12.1 Å². The highest BCUT2D eigenvalue weighted by molar-refractivity contribution is 5.41. The van der Waals surface area contributed by atoms with Crippen LogP contribution in [0.25, 0.3) is 0 Å². The van der Waals surface area contributed by atoms with Gasteiger partial charge in [0, 0.05) is 19.0 Å². The number of hydrogen-bond acceptors (Lipinski definition) is 4. The summed E-state index contributed by atoms with van der Waals surface area (Å²) in [6, 6.07) is 11.8. The SMILES string of the molecule is CCOc1cc(CN2CC[C@H](c3ccc(F)cc3)[C@@H](O)C2)ccc1O. The van der Waals surface area contributed by atoms with Gasteiger partial charge in [0.2, 0.25) is 0 Å². The maximum absolute atomic E-state index is 13.1. The van der Waals surface area contributed by atoms with Gasteiger partial charge in [0.15, 0.2) is 11.5 Å². The van der Waals surface area contributed by atoms with Crippen LogP contribution in [0.15, 0.2) is 42.5 Å². The molecule has 2 N–H and O–H groups in total. The number of benzene rings is 2. The van der Waals surface area contributed by atoms with Crippen LogP contribution in [0.1, 0.15) is 30.4 Å². The monoisotopic (exact) mass is 345 g/mol. The van der Waals surface area contributed by atoms with Crippen LogP contribution in [0.2, 0.25) is 0 Å². The minimum Gasteiger partial charge on any atom is -0.504 e. The molecule has 25 heavy (non-hydrogen) atoms. The van der Waals surface area contributed by atoms with Gasteiger partial charge < -0.3 is 14.9 Å². The standard InChI is InChI=1S/C20H24FNO3/c1-2-25-20-11-14(3-8-18(20)23)12-22-10-9-17(19(24)13-22)15-4-6-16(21)7-5-15/h3-8,11,17,19,23-24H,2,9-10,12-13H2,1H3/t17-,19+/m1/s1. The van der Waals surface area contributed by atoms with Crippen LogP contribution in [-0.4, -0.2) is 40.9 Å². The van der Waals surface area contributed by atoms with Crippen molar-refractivity contribution in [1.82, 2.24) is 4.90 Å². The zero-order valence-corrected chi connectivity index (χ0v) is 14.4. The molecule has 0 saturated carbocycles. The maximum Gasteiger partial charge on any atom is 0.161 e. The zero-order valence-electron chi connectivity index (χ0n) is 14.4. The summed E-state index contributed by atoms with van der Waals surface area (Å²) in [6.07, 6.45) is 0.339. The molecule has 1 heterocycles. The van der Waals surface area contributed by atoms with Crippen LogP contribution < -0.4 is 4.74 Å². The van der Waals surface area contributed by atoms with E-state index in [0.717, 1.165) is 24.1 Å². The van der Waals surface area contributed by atoms with Gasteiger partial charge >= 0.3 is 0 Å². The minimum absolute atomic E-state index is 0.0376. The van der Waals surface area contributed by atoms with Crippen LogP contribution in [-0.2, 0) is 6.54 Å². The second-order valence-corrected chi connectivity index (χ2v) is 6.48. The van der Waals surface area contributed by atoms with Crippen LogP contribution in [0, 0.1) is 5.82 Å². The number of phenolic OH excluding ortho intramolecular Hbond substituents is 1. The fourth-order valence-electron chi connectivity index (χ4n) is 3.43. The summed E-state index contributed by atoms with van der Waals surface area (Å²) >= 11 is 0. The number of aliphatic hydroxyl groups excluding tert-OH is 1. The molecular formula is C20H24FNO3. The summed E-state index contributed by atoms with van der Waals surface area (Å²) in [7, 11) is 0. The Morgan fingerprint density at radius 1 is 1.20 bits per heavy atom. The number of halogens is 1. The molecule has 0 spiro atoms. The van der Waals surface area contributed by atoms with Gasteiger partial charge in [-0.3, -0.25) is 4.90 Å². The van der Waals surface area contributed by atoms with Gasteiger partial charge in [0.05, 0.1) is 12.7 Å². The molecule has 134 valence electrons. The van der Waals surface area contributed by atoms with Crippen molar-refractivity contribution in [3.63, 3.8) is 0 Å². The maximum atomic E-state index is 13.1. The number of β-amino-alcohol motifs (C(OH)–C–C–N with tert-alkyl or cyclic N) is 1. The lowest BCUT2D eigenvalue weighted by atomic mass is 9.87. The van der Waals surface area contributed by atoms with Crippen LogP contribution in [0.4, 0.5) is 4.39 Å². The van der Waals surface area contributed by atoms with Crippen LogP contribution in [0.5, 0.6) is 11.5 Å². The smallest absolute Gasteiger partial charge is 0.161 e. The van der Waals surface area contributed by atoms with E-state index in [9.17, 15) is 14.6 Å². The van der Waals surface area contributed by atoms with Crippen molar-refractivity contribution in [1.29, 1.82) is 0 Å². The molecule has 2 aromatic rings. The summed E-state index contributed by atoms with van der Waals surface area (Å²) in [5, 5.41) is 20.3. The fraction of sp³-hybridized carbons (Fsp3) is 0.400. The number of nitrogens with zero attached hydrogens (tertiary/aromatic N) is 1. The normalized spacial score (nSPS) is 21.2. The van der Waals surface area contributed by atoms with Crippen molar-refractivity contribution in [3.05, 3.63) is 59.4 Å². The average molecular weight is 345 g/mol. The molecule has 1 saturated heterocycles. The van der Waals surface area contributed by atoms with Gasteiger partial charge in [-0.15, -0.1) is 0 Å². The lowest BCUT2D eigenvalue weighted by molar-refractivity contribution is 0.0476. The molecule has 0 aliphatic carbocycles. The number of aliphatic hydroxyl groups is 1. The van der Waals surface area contributed by atoms with E-state index < -0.39 is 6.10 Å². The summed E-state index contributed by atoms with van der Waals surface area (Å²) in [5.41, 5.74) is 2.02. The van der Waals surface area contributed by atoms with E-state index in [-0.39, 0.29) is 17.5 Å². The topological polar surface area (TPSA) is 52.9 Å². The summed E-state index contributed by atoms with van der Waals surface area (Å²) < 4.78 is 18.5. The molecule has 0 unspecified atom stereocenters. The van der Waals surface area contributed by atoms with Gasteiger partial charge in [-0.2, -0.15) is 0 Å². The van der Waals surface area contributed by atoms with E-state index in [2.05, 4.69) is 4.90 Å². The van der Waals surface area contributed by atoms with Gasteiger partial charge in [-0.05, 0) is 55.3 Å². The van der Waals surface area contributed by atoms with Crippen molar-refractivity contribution in [2.45, 2.75) is 31.9 Å². The summed E-state index contributed by atoms with van der Waals surface area (Å²) in [6.45, 7) is 4.48. The zero-order chi connectivity index (χ0) is 17.8. The minimum atomic E-state index is -0.484. The van der Waals surface area contributed by atoms with E-state index >= 15 is 0 Å². The number of phenols is 1. The van der Waals surface area contributed by atoms with Crippen molar-refractivity contribution in [3.8, 4) is 11.5 Å². The third kappa shape index (κ3) is 4.30. The van der Waals surface area contributed by atoms with Crippen LogP contribution in [0.3, 0.4) is 0 Å². The quantitative estimate of drug-likeness (QED) is 0.873. The first-order valence-corrected chi connectivity index (χ1v) is 8.67. The van der Waals surface area contributed by atoms with Gasteiger partial charge in [0.25, 0.3) is 0 Å². The highest BCUT2D eigenvalue weighted by Crippen LogP contribution is 2.31. The molecule has 2 aromatic carbocycles. The van der Waals surface area contributed by atoms with Crippen molar-refractivity contribution in [2.24, 2.45) is 0 Å². The van der Waals surface area contributed by atoms with Crippen molar-refractivity contribution >= 4 is 0 Å². The van der Waals surface area contributed by atoms with E-state index in [4.69, 9.17) is 4.74 Å². The molecule has 1 aliphatic heterocycles. The number of likely N-dealkylation sites (tertiary alicyclic amines) is 1. The fourth-order valence-corrected chi connectivity index (χ4v) is 3.43. The number of rotatable bonds is 5. The van der Waals surface area contributed by atoms with Crippen molar-refractivity contribution < 1.29 is 19.3 Å². The lowest BCUT2D eigenvalue weighted by Crippen LogP contribution is -2.42. The predicted octanol–water partition coefficient (Wildman–Crippen LogP) is 3.28. The number of piperidine rings is 1. The number of aromatic hydroxyl groups is 1. The van der Waals surface area contributed by atoms with Crippen LogP contribution >= 0.6 is 0 Å². The molecule has 0 radical (unpaired) electrons. The molecule has 2 atom stereocenters. The Bertz CT molecular complexity index is 705. The number of ether oxygens (including phenoxy) is 1. The second kappa shape index (κ2) is 7.85. The first-order chi connectivity index (χ1) is 12.1. The Morgan fingerprint density at radius 3 is 2.64 bits per heavy atom. The molecule has 0 amide bonds. The summed E-state index contributed by atoms with van der Waals surface area (Å²) in [4.78, 5) is 2.19. The first kappa shape index (κ1) is 17.7. The van der Waals surface area contributed by atoms with Crippen molar-refractivity contribution in [2.75, 3.05) is 19.7 Å². The van der Waals surface area contributed by atoms with Gasteiger partial charge in [-0.1, -0.05) is 18.2 Å². The second-order valence-electron chi connectivity index (χ2n) is 6.48. The Morgan fingerprint density at radius 2 is 1.96 bits per heavy atom. The first-order valence-electron chi connectivity index (χ1n) is 8.67. The third-order valence-electron chi connectivity index (χ3n) is 4.69. The highest BCUT2D eigenvalue weighted by Gasteiger charge is 2.28. The predicted molar refractivity (Wildman–Crippen MR) is 94.3 cm³/mol. The largest absolute Gasteiger partial charge is 0.504 e. The van der Waals surface area contributed by atoms with E-state index in [1.54, 1.807) is 18.2 Å². The average Bonchev–Trinajstić information content (AvgIpc) is 2.59.